The molecular formula is C38H41N3O12S. The van der Waals surface area contributed by atoms with E-state index in [0.29, 0.717) is 53.0 Å². The molecule has 5 N–H and O–H groups in total. The van der Waals surface area contributed by atoms with Gasteiger partial charge in [-0.15, -0.1) is 11.8 Å². The van der Waals surface area contributed by atoms with E-state index in [-0.39, 0.29) is 59.4 Å². The minimum absolute atomic E-state index is 0.0487. The van der Waals surface area contributed by atoms with Gasteiger partial charge in [0, 0.05) is 53.4 Å². The van der Waals surface area contributed by atoms with Gasteiger partial charge < -0.3 is 48.8 Å². The Balaban J connectivity index is 1.33. The average Bonchev–Trinajstić information content (AvgIpc) is 3.63. The maximum atomic E-state index is 14.7. The molecule has 7 heterocycles. The van der Waals surface area contributed by atoms with E-state index in [1.165, 1.54) is 32.9 Å². The van der Waals surface area contributed by atoms with Crippen LogP contribution in [0.15, 0.2) is 18.2 Å². The second kappa shape index (κ2) is 12.5. The van der Waals surface area contributed by atoms with Crippen molar-refractivity contribution in [2.24, 2.45) is 0 Å². The second-order valence-electron chi connectivity index (χ2n) is 14.6. The van der Waals surface area contributed by atoms with Crippen molar-refractivity contribution in [3.8, 4) is 46.0 Å². The number of esters is 2. The zero-order chi connectivity index (χ0) is 38.0. The number of rotatable bonds is 3. The van der Waals surface area contributed by atoms with Crippen LogP contribution >= 0.6 is 11.8 Å². The monoisotopic (exact) mass is 763 g/mol. The highest BCUT2D eigenvalue weighted by Crippen LogP contribution is 2.64. The van der Waals surface area contributed by atoms with Gasteiger partial charge in [0.2, 0.25) is 18.3 Å². The molecule has 7 atom stereocenters. The van der Waals surface area contributed by atoms with E-state index in [1.54, 1.807) is 19.1 Å². The third kappa shape index (κ3) is 4.69. The topological polar surface area (TPSA) is 189 Å². The predicted molar refractivity (Wildman–Crippen MR) is 192 cm³/mol. The molecule has 2 saturated heterocycles. The molecule has 0 aromatic heterocycles. The number of carbonyl (C=O) groups excluding carboxylic acids is 2. The SMILES string of the molecule is COc1cc2c(cc1O)CCN[C@@]21SC[C@@H]2c3c(OC(C)=O)c(OC)c4c(c3C(COC1=O)N1C2C2c3c(cc(C)c(O)c3O)CC([C@@H]1O)N2C)OCO4. The highest BCUT2D eigenvalue weighted by molar-refractivity contribution is 8.00. The van der Waals surface area contributed by atoms with Gasteiger partial charge >= 0.3 is 11.9 Å². The molecule has 1 spiro atoms. The van der Waals surface area contributed by atoms with Crippen LogP contribution < -0.4 is 29.0 Å². The molecular weight excluding hydrogens is 722 g/mol. The number of piperazine rings is 1. The van der Waals surface area contributed by atoms with E-state index in [2.05, 4.69) is 5.32 Å². The lowest BCUT2D eigenvalue weighted by atomic mass is 9.69. The highest BCUT2D eigenvalue weighted by Gasteiger charge is 2.61. The number of nitrogens with zero attached hydrogens (tertiary/aromatic N) is 2. The van der Waals surface area contributed by atoms with Crippen molar-refractivity contribution >= 4 is 23.7 Å². The van der Waals surface area contributed by atoms with Crippen LogP contribution in [0.25, 0.3) is 0 Å². The van der Waals surface area contributed by atoms with E-state index >= 15 is 0 Å². The van der Waals surface area contributed by atoms with Gasteiger partial charge in [0.1, 0.15) is 12.8 Å². The molecule has 10 rings (SSSR count). The van der Waals surface area contributed by atoms with E-state index < -0.39 is 53.1 Å². The number of aromatic hydroxyl groups is 3. The predicted octanol–water partition coefficient (Wildman–Crippen LogP) is 2.81. The van der Waals surface area contributed by atoms with Gasteiger partial charge in [0.05, 0.1) is 32.3 Å². The third-order valence-electron chi connectivity index (χ3n) is 12.0. The molecule has 4 bridgehead atoms. The maximum Gasteiger partial charge on any atom is 0.341 e. The van der Waals surface area contributed by atoms with E-state index in [1.807, 2.05) is 22.9 Å². The number of benzene rings is 3. The van der Waals surface area contributed by atoms with Crippen molar-refractivity contribution in [2.75, 3.05) is 47.0 Å². The van der Waals surface area contributed by atoms with E-state index in [9.17, 15) is 30.0 Å². The van der Waals surface area contributed by atoms with E-state index in [4.69, 9.17) is 28.4 Å². The van der Waals surface area contributed by atoms with Crippen molar-refractivity contribution in [3.63, 3.8) is 0 Å². The number of likely N-dealkylation sites (N-methyl/N-ethyl adjacent to an activating group) is 1. The average molecular weight is 764 g/mol. The van der Waals surface area contributed by atoms with Gasteiger partial charge in [0.25, 0.3) is 0 Å². The van der Waals surface area contributed by atoms with Gasteiger partial charge in [0.15, 0.2) is 39.4 Å². The van der Waals surface area contributed by atoms with Crippen LogP contribution in [0.3, 0.4) is 0 Å². The number of nitrogens with one attached hydrogen (secondary N) is 1. The molecule has 286 valence electrons. The molecule has 0 saturated carbocycles. The Morgan fingerprint density at radius 1 is 1.00 bits per heavy atom. The summed E-state index contributed by atoms with van der Waals surface area (Å²) in [5, 5.41) is 49.5. The lowest BCUT2D eigenvalue weighted by Gasteiger charge is -2.62. The van der Waals surface area contributed by atoms with Crippen LogP contribution in [0.5, 0.6) is 46.0 Å². The number of thioether (sulfide) groups is 1. The number of ether oxygens (including phenoxy) is 6. The lowest BCUT2D eigenvalue weighted by Crippen LogP contribution is -2.70. The largest absolute Gasteiger partial charge is 0.504 e. The number of hydrogen-bond acceptors (Lipinski definition) is 16. The number of carbonyl (C=O) groups is 2. The summed E-state index contributed by atoms with van der Waals surface area (Å²) in [5.74, 6) is -1.15. The van der Waals surface area contributed by atoms with Gasteiger partial charge in [-0.25, -0.2) is 4.79 Å². The van der Waals surface area contributed by atoms with Gasteiger partial charge in [-0.05, 0) is 55.6 Å². The molecule has 54 heavy (non-hydrogen) atoms. The molecule has 7 aliphatic rings. The second-order valence-corrected chi connectivity index (χ2v) is 15.9. The summed E-state index contributed by atoms with van der Waals surface area (Å²) in [7, 11) is 4.78. The highest BCUT2D eigenvalue weighted by atomic mass is 32.2. The summed E-state index contributed by atoms with van der Waals surface area (Å²) in [6, 6.07) is 2.54. The van der Waals surface area contributed by atoms with Crippen molar-refractivity contribution in [2.45, 2.75) is 67.9 Å². The number of aliphatic hydroxyl groups is 1. The first-order valence-electron chi connectivity index (χ1n) is 17.8. The first kappa shape index (κ1) is 35.1. The number of hydrogen-bond donors (Lipinski definition) is 5. The molecule has 0 radical (unpaired) electrons. The Labute approximate surface area is 314 Å². The number of aryl methyl sites for hydroxylation is 1. The van der Waals surface area contributed by atoms with Crippen molar-refractivity contribution in [1.82, 2.24) is 15.1 Å². The normalized spacial score (nSPS) is 29.4. The molecule has 3 aromatic rings. The molecule has 0 amide bonds. The van der Waals surface area contributed by atoms with Crippen molar-refractivity contribution < 1.29 is 58.4 Å². The molecule has 7 aliphatic heterocycles. The minimum atomic E-state index is -1.46. The van der Waals surface area contributed by atoms with Crippen LogP contribution in [0, 0.1) is 6.92 Å². The number of phenolic OH excluding ortho intramolecular Hbond substituents is 3. The van der Waals surface area contributed by atoms with Gasteiger partial charge in [-0.1, -0.05) is 6.07 Å². The minimum Gasteiger partial charge on any atom is -0.504 e. The lowest BCUT2D eigenvalue weighted by molar-refractivity contribution is -0.189. The summed E-state index contributed by atoms with van der Waals surface area (Å²) >= 11 is 1.28. The molecule has 2 fully saturated rings. The summed E-state index contributed by atoms with van der Waals surface area (Å²) in [5.41, 5.74) is 4.27. The molecule has 4 unspecified atom stereocenters. The first-order valence-corrected chi connectivity index (χ1v) is 18.8. The number of phenols is 3. The summed E-state index contributed by atoms with van der Waals surface area (Å²) in [6.45, 7) is 3.01. The third-order valence-corrected chi connectivity index (χ3v) is 13.5. The molecule has 0 aliphatic carbocycles. The van der Waals surface area contributed by atoms with Crippen LogP contribution in [0.4, 0.5) is 0 Å². The zero-order valence-corrected chi connectivity index (χ0v) is 31.1. The molecule has 3 aromatic carbocycles. The summed E-state index contributed by atoms with van der Waals surface area (Å²) in [6.07, 6.45) is -0.196. The van der Waals surface area contributed by atoms with Crippen LogP contribution in [-0.4, -0.2) is 107 Å². The summed E-state index contributed by atoms with van der Waals surface area (Å²) in [4.78, 5) is 30.1. The van der Waals surface area contributed by atoms with Gasteiger partial charge in [-0.2, -0.15) is 0 Å². The Bertz CT molecular complexity index is 2130. The quantitative estimate of drug-likeness (QED) is 0.149. The van der Waals surface area contributed by atoms with E-state index in [0.717, 1.165) is 11.1 Å². The fourth-order valence-electron chi connectivity index (χ4n) is 9.77. The van der Waals surface area contributed by atoms with Crippen LogP contribution in [-0.2, 0) is 32.0 Å². The number of aliphatic hydroxyl groups excluding tert-OH is 1. The Hall–Kier alpha value is -4.61. The van der Waals surface area contributed by atoms with Crippen LogP contribution in [0.1, 0.15) is 63.9 Å². The fourth-order valence-corrected chi connectivity index (χ4v) is 11.3. The Morgan fingerprint density at radius 3 is 2.52 bits per heavy atom. The fraction of sp³-hybridized carbons (Fsp3) is 0.474. The first-order chi connectivity index (χ1) is 25.9. The van der Waals surface area contributed by atoms with Crippen molar-refractivity contribution in [1.29, 1.82) is 0 Å². The number of fused-ring (bicyclic) bond motifs is 9. The molecule has 15 nitrogen and oxygen atoms in total. The van der Waals surface area contributed by atoms with Crippen LogP contribution in [0.2, 0.25) is 0 Å². The summed E-state index contributed by atoms with van der Waals surface area (Å²) < 4.78 is 35.8. The Morgan fingerprint density at radius 2 is 1.78 bits per heavy atom. The van der Waals surface area contributed by atoms with Crippen molar-refractivity contribution in [3.05, 3.63) is 57.1 Å². The van der Waals surface area contributed by atoms with Gasteiger partial charge in [-0.3, -0.25) is 19.9 Å². The zero-order valence-electron chi connectivity index (χ0n) is 30.3. The number of methoxy groups -OCH3 is 2. The Kier molecular flexibility index (Phi) is 8.10. The molecule has 16 heteroatoms. The maximum absolute atomic E-state index is 14.7. The smallest absolute Gasteiger partial charge is 0.341 e. The standard InChI is InChI=1S/C38H41N3O12S/c1-15-8-18-9-21-36(46)41-22-12-50-37(47)38(20-11-24(48-4)23(43)10-17(20)6-7-39-38)54-13-19(28(41)29(40(21)3)25(18)31(45)30(15)44)26-27(22)32-35(52-14-51-32)34(49-5)33(26)53-16(2)42/h8,10-11,19,21-22,28-29,36,39,43-46H,6-7,9,12-14H2,1-5H3/t19-,21?,22?,28?,29?,36+,38-/m1/s1.